The molecule has 0 fully saturated rings. The second-order valence-corrected chi connectivity index (χ2v) is 9.99. The van der Waals surface area contributed by atoms with E-state index in [1.54, 1.807) is 39.9 Å². The lowest BCUT2D eigenvalue weighted by molar-refractivity contribution is -0.128. The van der Waals surface area contributed by atoms with Crippen LogP contribution in [-0.2, 0) is 20.9 Å². The van der Waals surface area contributed by atoms with Gasteiger partial charge in [0, 0.05) is 36.0 Å². The molecule has 0 saturated heterocycles. The van der Waals surface area contributed by atoms with Gasteiger partial charge >= 0.3 is 0 Å². The van der Waals surface area contributed by atoms with Gasteiger partial charge in [-0.15, -0.1) is 0 Å². The summed E-state index contributed by atoms with van der Waals surface area (Å²) in [6.45, 7) is 3.18. The molecule has 0 saturated carbocycles. The molecular formula is C26H29N6O5S-. The van der Waals surface area contributed by atoms with Gasteiger partial charge in [-0.05, 0) is 34.0 Å². The van der Waals surface area contributed by atoms with Gasteiger partial charge in [0.15, 0.2) is 5.76 Å². The Morgan fingerprint density at radius 3 is 2.42 bits per heavy atom. The molecule has 1 N–H and O–H groups in total. The number of benzodiazepines with no additional fused rings is 1. The van der Waals surface area contributed by atoms with E-state index in [9.17, 15) is 18.4 Å². The number of rotatable bonds is 8. The zero-order chi connectivity index (χ0) is 27.6. The number of amides is 2. The third-order valence-corrected chi connectivity index (χ3v) is 6.93. The van der Waals surface area contributed by atoms with E-state index in [-0.39, 0.29) is 18.0 Å². The standard InChI is InChI=1S/C26H30N6O5S/c1-16-23(17(2)37-29-16)32(38(35)36)21(15-30(3)4)25(33)28-24-26(34)31(5)20-14-10-9-13-19(20)22(27-24)18-11-7-6-8-12-18/h6-14,21,24H,15H2,1-5H3,(H,28,33)(H,35,36)/p-1. The van der Waals surface area contributed by atoms with E-state index in [1.165, 1.54) is 4.90 Å². The van der Waals surface area contributed by atoms with Gasteiger partial charge in [0.05, 0.1) is 11.4 Å². The number of nitrogens with zero attached hydrogens (tertiary/aromatic N) is 5. The molecule has 3 atom stereocenters. The van der Waals surface area contributed by atoms with Crippen molar-refractivity contribution in [1.29, 1.82) is 0 Å². The SMILES string of the molecule is Cc1noc(C)c1N(C(CN(C)C)C(=O)NC1N=C(c2ccccc2)c2ccccc2N(C)C1=O)S(=O)[O-]. The molecule has 2 aromatic carbocycles. The van der Waals surface area contributed by atoms with Crippen LogP contribution in [0.2, 0.25) is 0 Å². The average Bonchev–Trinajstić information content (AvgIpc) is 3.17. The molecule has 0 spiro atoms. The summed E-state index contributed by atoms with van der Waals surface area (Å²) in [4.78, 5) is 35.1. The van der Waals surface area contributed by atoms with Crippen LogP contribution in [-0.4, -0.2) is 76.2 Å². The number of aliphatic imine (C=N–C) groups is 1. The zero-order valence-corrected chi connectivity index (χ0v) is 22.6. The van der Waals surface area contributed by atoms with Crippen molar-refractivity contribution in [3.05, 3.63) is 77.2 Å². The van der Waals surface area contributed by atoms with Crippen molar-refractivity contribution in [2.75, 3.05) is 36.9 Å². The highest BCUT2D eigenvalue weighted by Gasteiger charge is 2.36. The van der Waals surface area contributed by atoms with Crippen molar-refractivity contribution < 1.29 is 22.9 Å². The number of nitrogens with one attached hydrogen (secondary N) is 1. The Balaban J connectivity index is 1.77. The van der Waals surface area contributed by atoms with E-state index in [1.807, 2.05) is 54.6 Å². The molecule has 38 heavy (non-hydrogen) atoms. The molecule has 12 heteroatoms. The Bertz CT molecular complexity index is 1370. The van der Waals surface area contributed by atoms with Gasteiger partial charge in [-0.25, -0.2) is 4.99 Å². The van der Waals surface area contributed by atoms with Crippen LogP contribution in [0, 0.1) is 13.8 Å². The van der Waals surface area contributed by atoms with Crippen molar-refractivity contribution in [1.82, 2.24) is 15.4 Å². The maximum absolute atomic E-state index is 13.7. The van der Waals surface area contributed by atoms with Gasteiger partial charge in [-0.1, -0.05) is 53.7 Å². The number of likely N-dealkylation sites (N-methyl/N-ethyl adjacent to an activating group) is 2. The topological polar surface area (TPSA) is 134 Å². The molecule has 0 radical (unpaired) electrons. The molecule has 0 bridgehead atoms. The molecule has 4 rings (SSSR count). The number of aromatic nitrogens is 1. The highest BCUT2D eigenvalue weighted by atomic mass is 32.2. The molecule has 11 nitrogen and oxygen atoms in total. The minimum Gasteiger partial charge on any atom is -0.755 e. The summed E-state index contributed by atoms with van der Waals surface area (Å²) >= 11 is -2.85. The molecule has 3 unspecified atom stereocenters. The maximum atomic E-state index is 13.7. The Kier molecular flexibility index (Phi) is 8.05. The summed E-state index contributed by atoms with van der Waals surface area (Å²) in [5.41, 5.74) is 3.15. The lowest BCUT2D eigenvalue weighted by Gasteiger charge is -2.35. The molecule has 200 valence electrons. The molecule has 2 amide bonds. The largest absolute Gasteiger partial charge is 0.755 e. The van der Waals surface area contributed by atoms with Crippen LogP contribution in [0.15, 0.2) is 64.1 Å². The van der Waals surface area contributed by atoms with Crippen molar-refractivity contribution in [3.63, 3.8) is 0 Å². The lowest BCUT2D eigenvalue weighted by Crippen LogP contribution is -2.56. The Morgan fingerprint density at radius 1 is 1.16 bits per heavy atom. The van der Waals surface area contributed by atoms with Crippen LogP contribution in [0.4, 0.5) is 11.4 Å². The summed E-state index contributed by atoms with van der Waals surface area (Å²) in [6.07, 6.45) is -1.30. The summed E-state index contributed by atoms with van der Waals surface area (Å²) < 4.78 is 31.0. The molecule has 2 heterocycles. The van der Waals surface area contributed by atoms with Crippen LogP contribution in [0.3, 0.4) is 0 Å². The van der Waals surface area contributed by atoms with Gasteiger partial charge in [0.25, 0.3) is 5.91 Å². The van der Waals surface area contributed by atoms with Crippen LogP contribution in [0.5, 0.6) is 0 Å². The third-order valence-electron chi connectivity index (χ3n) is 6.17. The fourth-order valence-electron chi connectivity index (χ4n) is 4.41. The molecule has 3 aromatic rings. The summed E-state index contributed by atoms with van der Waals surface area (Å²) in [6, 6.07) is 15.5. The molecule has 1 aliphatic heterocycles. The van der Waals surface area contributed by atoms with Crippen LogP contribution >= 0.6 is 0 Å². The molecule has 1 aromatic heterocycles. The highest BCUT2D eigenvalue weighted by molar-refractivity contribution is 7.80. The fraction of sp³-hybridized carbons (Fsp3) is 0.308. The van der Waals surface area contributed by atoms with Crippen LogP contribution in [0.1, 0.15) is 22.6 Å². The first-order valence-corrected chi connectivity index (χ1v) is 12.9. The van der Waals surface area contributed by atoms with E-state index in [0.717, 1.165) is 15.4 Å². The normalized spacial score (nSPS) is 16.9. The zero-order valence-electron chi connectivity index (χ0n) is 21.7. The predicted molar refractivity (Wildman–Crippen MR) is 144 cm³/mol. The smallest absolute Gasteiger partial charge is 0.272 e. The monoisotopic (exact) mass is 537 g/mol. The number of aryl methyl sites for hydroxylation is 2. The Labute approximate surface area is 223 Å². The van der Waals surface area contributed by atoms with Gasteiger partial charge in [0.1, 0.15) is 17.4 Å². The number of anilines is 2. The molecule has 0 aliphatic carbocycles. The van der Waals surface area contributed by atoms with E-state index >= 15 is 0 Å². The Morgan fingerprint density at radius 2 is 1.82 bits per heavy atom. The van der Waals surface area contributed by atoms with E-state index in [4.69, 9.17) is 9.52 Å². The number of carbonyl (C=O) groups is 2. The number of hydrogen-bond acceptors (Lipinski definition) is 8. The van der Waals surface area contributed by atoms with Gasteiger partial charge < -0.3 is 24.2 Å². The first-order valence-electron chi connectivity index (χ1n) is 11.9. The second kappa shape index (κ2) is 11.3. The second-order valence-electron chi connectivity index (χ2n) is 9.16. The van der Waals surface area contributed by atoms with Gasteiger partial charge in [0.2, 0.25) is 12.1 Å². The first kappa shape index (κ1) is 27.2. The number of hydrogen-bond donors (Lipinski definition) is 1. The summed E-state index contributed by atoms with van der Waals surface area (Å²) in [5.74, 6) is -0.919. The summed E-state index contributed by atoms with van der Waals surface area (Å²) in [5, 5.41) is 6.54. The predicted octanol–water partition coefficient (Wildman–Crippen LogP) is 1.78. The van der Waals surface area contributed by atoms with E-state index in [0.29, 0.717) is 17.1 Å². The summed E-state index contributed by atoms with van der Waals surface area (Å²) in [7, 11) is 5.04. The highest BCUT2D eigenvalue weighted by Crippen LogP contribution is 2.29. The van der Waals surface area contributed by atoms with Gasteiger partial charge in [-0.2, -0.15) is 0 Å². The van der Waals surface area contributed by atoms with Crippen LogP contribution < -0.4 is 14.5 Å². The lowest BCUT2D eigenvalue weighted by atomic mass is 10.0. The fourth-order valence-corrected chi connectivity index (χ4v) is 5.19. The number of fused-ring (bicyclic) bond motifs is 1. The van der Waals surface area contributed by atoms with E-state index in [2.05, 4.69) is 10.5 Å². The van der Waals surface area contributed by atoms with E-state index < -0.39 is 35.3 Å². The first-order chi connectivity index (χ1) is 18.1. The van der Waals surface area contributed by atoms with Crippen molar-refractivity contribution >= 4 is 40.2 Å². The number of benzene rings is 2. The van der Waals surface area contributed by atoms with Crippen LogP contribution in [0.25, 0.3) is 0 Å². The van der Waals surface area contributed by atoms with Crippen molar-refractivity contribution in [2.45, 2.75) is 26.1 Å². The number of carbonyl (C=O) groups excluding carboxylic acids is 2. The Hall–Kier alpha value is -3.87. The average molecular weight is 538 g/mol. The minimum atomic E-state index is -2.85. The minimum absolute atomic E-state index is 0.0239. The van der Waals surface area contributed by atoms with Crippen molar-refractivity contribution in [3.8, 4) is 0 Å². The molecular weight excluding hydrogens is 508 g/mol. The molecule has 1 aliphatic rings. The van der Waals surface area contributed by atoms with Crippen molar-refractivity contribution in [2.24, 2.45) is 4.99 Å². The quantitative estimate of drug-likeness (QED) is 0.433. The maximum Gasteiger partial charge on any atom is 0.272 e. The third kappa shape index (κ3) is 5.37. The van der Waals surface area contributed by atoms with Gasteiger partial charge in [-0.3, -0.25) is 18.1 Å². The number of para-hydroxylation sites is 1.